The van der Waals surface area contributed by atoms with Gasteiger partial charge in [-0.05, 0) is 29.2 Å². The lowest BCUT2D eigenvalue weighted by molar-refractivity contribution is 0.134. The summed E-state index contributed by atoms with van der Waals surface area (Å²) in [5, 5.41) is 21.3. The third-order valence-electron chi connectivity index (χ3n) is 3.84. The number of benzene rings is 2. The fourth-order valence-electron chi connectivity index (χ4n) is 2.56. The van der Waals surface area contributed by atoms with Crippen LogP contribution in [0.2, 0.25) is 5.02 Å². The summed E-state index contributed by atoms with van der Waals surface area (Å²) in [7, 11) is 1.55. The molecule has 23 heavy (non-hydrogen) atoms. The topological polar surface area (TPSA) is 75.7 Å². The standard InChI is InChI=1S/C18H22ClNO3/c1-18(2,3)13-9-12(15(21)14(20)16(13)22)17(23-4)10-5-7-11(19)8-6-10/h5-9,17,21-22H,20H2,1-4H3. The van der Waals surface area contributed by atoms with Crippen LogP contribution in [0.3, 0.4) is 0 Å². The van der Waals surface area contributed by atoms with Crippen molar-refractivity contribution in [3.8, 4) is 11.5 Å². The maximum absolute atomic E-state index is 10.4. The van der Waals surface area contributed by atoms with Gasteiger partial charge in [-0.1, -0.05) is 44.5 Å². The Labute approximate surface area is 141 Å². The summed E-state index contributed by atoms with van der Waals surface area (Å²) in [4.78, 5) is 0. The van der Waals surface area contributed by atoms with Crippen LogP contribution in [0, 0.1) is 0 Å². The quantitative estimate of drug-likeness (QED) is 0.575. The molecule has 0 saturated heterocycles. The minimum atomic E-state index is -0.517. The van der Waals surface area contributed by atoms with Crippen molar-refractivity contribution in [2.75, 3.05) is 12.8 Å². The zero-order chi connectivity index (χ0) is 17.4. The highest BCUT2D eigenvalue weighted by atomic mass is 35.5. The molecule has 0 aliphatic carbocycles. The highest BCUT2D eigenvalue weighted by Gasteiger charge is 2.27. The minimum Gasteiger partial charge on any atom is -0.505 e. The molecule has 124 valence electrons. The molecule has 4 nitrogen and oxygen atoms in total. The number of nitrogens with two attached hydrogens (primary N) is 1. The van der Waals surface area contributed by atoms with Crippen LogP contribution in [-0.4, -0.2) is 17.3 Å². The number of ether oxygens (including phenoxy) is 1. The number of phenols is 2. The molecule has 0 amide bonds. The van der Waals surface area contributed by atoms with Crippen molar-refractivity contribution >= 4 is 17.3 Å². The van der Waals surface area contributed by atoms with E-state index in [1.54, 1.807) is 25.3 Å². The van der Waals surface area contributed by atoms with E-state index in [1.807, 2.05) is 32.9 Å². The van der Waals surface area contributed by atoms with Crippen LogP contribution in [-0.2, 0) is 10.2 Å². The lowest BCUT2D eigenvalue weighted by Crippen LogP contribution is -2.14. The van der Waals surface area contributed by atoms with Crippen molar-refractivity contribution in [3.05, 3.63) is 52.0 Å². The lowest BCUT2D eigenvalue weighted by Gasteiger charge is -2.26. The van der Waals surface area contributed by atoms with Gasteiger partial charge in [0.05, 0.1) is 0 Å². The Hall–Kier alpha value is -1.91. The van der Waals surface area contributed by atoms with Gasteiger partial charge in [0.25, 0.3) is 0 Å². The number of methoxy groups -OCH3 is 1. The first-order valence-electron chi connectivity index (χ1n) is 7.29. The molecular formula is C18H22ClNO3. The second-order valence-corrected chi connectivity index (χ2v) is 6.98. The average molecular weight is 336 g/mol. The van der Waals surface area contributed by atoms with E-state index in [0.29, 0.717) is 16.1 Å². The predicted molar refractivity (Wildman–Crippen MR) is 93.2 cm³/mol. The molecule has 0 bridgehead atoms. The Morgan fingerprint density at radius 1 is 1.09 bits per heavy atom. The molecule has 1 atom stereocenters. The number of nitrogen functional groups attached to an aromatic ring is 1. The molecule has 0 heterocycles. The van der Waals surface area contributed by atoms with E-state index in [4.69, 9.17) is 22.1 Å². The second kappa shape index (κ2) is 6.30. The van der Waals surface area contributed by atoms with Gasteiger partial charge in [0.2, 0.25) is 0 Å². The Balaban J connectivity index is 2.65. The summed E-state index contributed by atoms with van der Waals surface area (Å²) in [5.41, 5.74) is 7.52. The van der Waals surface area contributed by atoms with E-state index in [0.717, 1.165) is 5.56 Å². The average Bonchev–Trinajstić information content (AvgIpc) is 2.48. The molecule has 2 aromatic rings. The molecule has 0 fully saturated rings. The van der Waals surface area contributed by atoms with Gasteiger partial charge < -0.3 is 20.7 Å². The molecule has 0 aromatic heterocycles. The second-order valence-electron chi connectivity index (χ2n) is 6.54. The minimum absolute atomic E-state index is 0.0385. The van der Waals surface area contributed by atoms with Gasteiger partial charge in [0.15, 0.2) is 0 Å². The van der Waals surface area contributed by atoms with Crippen LogP contribution < -0.4 is 5.73 Å². The van der Waals surface area contributed by atoms with Gasteiger partial charge in [0.1, 0.15) is 23.3 Å². The molecular weight excluding hydrogens is 314 g/mol. The highest BCUT2D eigenvalue weighted by Crippen LogP contribution is 2.45. The van der Waals surface area contributed by atoms with Crippen LogP contribution in [0.5, 0.6) is 11.5 Å². The van der Waals surface area contributed by atoms with E-state index in [-0.39, 0.29) is 22.6 Å². The highest BCUT2D eigenvalue weighted by molar-refractivity contribution is 6.30. The first-order valence-corrected chi connectivity index (χ1v) is 7.67. The Morgan fingerprint density at radius 2 is 1.65 bits per heavy atom. The van der Waals surface area contributed by atoms with Crippen molar-refractivity contribution in [2.24, 2.45) is 0 Å². The van der Waals surface area contributed by atoms with E-state index in [1.165, 1.54) is 0 Å². The molecule has 0 aliphatic heterocycles. The van der Waals surface area contributed by atoms with Crippen molar-refractivity contribution in [1.82, 2.24) is 0 Å². The molecule has 4 N–H and O–H groups in total. The maximum atomic E-state index is 10.4. The van der Waals surface area contributed by atoms with Crippen molar-refractivity contribution < 1.29 is 14.9 Å². The first kappa shape index (κ1) is 17.4. The Kier molecular flexibility index (Phi) is 4.78. The number of hydrogen-bond donors (Lipinski definition) is 3. The van der Waals surface area contributed by atoms with Crippen LogP contribution >= 0.6 is 11.6 Å². The smallest absolute Gasteiger partial charge is 0.148 e. The summed E-state index contributed by atoms with van der Waals surface area (Å²) >= 11 is 5.92. The van der Waals surface area contributed by atoms with Crippen LogP contribution in [0.15, 0.2) is 30.3 Å². The number of anilines is 1. The van der Waals surface area contributed by atoms with Gasteiger partial charge in [-0.15, -0.1) is 0 Å². The normalized spacial score (nSPS) is 13.1. The van der Waals surface area contributed by atoms with E-state index >= 15 is 0 Å². The predicted octanol–water partition coefficient (Wildman–Crippen LogP) is 4.37. The summed E-state index contributed by atoms with van der Waals surface area (Å²) in [6.45, 7) is 5.89. The largest absolute Gasteiger partial charge is 0.505 e. The van der Waals surface area contributed by atoms with Gasteiger partial charge in [-0.25, -0.2) is 0 Å². The summed E-state index contributed by atoms with van der Waals surface area (Å²) in [6, 6.07) is 8.91. The van der Waals surface area contributed by atoms with Crippen LogP contribution in [0.4, 0.5) is 5.69 Å². The fourth-order valence-corrected chi connectivity index (χ4v) is 2.68. The zero-order valence-electron chi connectivity index (χ0n) is 13.7. The monoisotopic (exact) mass is 335 g/mol. The van der Waals surface area contributed by atoms with Crippen LogP contribution in [0.25, 0.3) is 0 Å². The maximum Gasteiger partial charge on any atom is 0.148 e. The van der Waals surface area contributed by atoms with E-state index < -0.39 is 6.10 Å². The molecule has 2 rings (SSSR count). The van der Waals surface area contributed by atoms with Crippen LogP contribution in [0.1, 0.15) is 43.6 Å². The number of phenolic OH excluding ortho intramolecular Hbond substituents is 2. The Morgan fingerprint density at radius 3 is 2.13 bits per heavy atom. The van der Waals surface area contributed by atoms with E-state index in [9.17, 15) is 10.2 Å². The number of halogens is 1. The van der Waals surface area contributed by atoms with Gasteiger partial charge in [-0.2, -0.15) is 0 Å². The van der Waals surface area contributed by atoms with E-state index in [2.05, 4.69) is 0 Å². The molecule has 0 aliphatic rings. The molecule has 5 heteroatoms. The third-order valence-corrected chi connectivity index (χ3v) is 4.09. The summed E-state index contributed by atoms with van der Waals surface area (Å²) < 4.78 is 5.57. The number of rotatable bonds is 3. The van der Waals surface area contributed by atoms with Crippen molar-refractivity contribution in [1.29, 1.82) is 0 Å². The Bertz CT molecular complexity index is 706. The summed E-state index contributed by atoms with van der Waals surface area (Å²) in [5.74, 6) is -0.262. The van der Waals surface area contributed by atoms with Gasteiger partial charge >= 0.3 is 0 Å². The van der Waals surface area contributed by atoms with Crippen molar-refractivity contribution in [2.45, 2.75) is 32.3 Å². The number of hydrogen-bond acceptors (Lipinski definition) is 4. The van der Waals surface area contributed by atoms with Gasteiger partial charge in [0, 0.05) is 23.3 Å². The molecule has 0 radical (unpaired) electrons. The molecule has 2 aromatic carbocycles. The van der Waals surface area contributed by atoms with Gasteiger partial charge in [-0.3, -0.25) is 0 Å². The number of aromatic hydroxyl groups is 2. The zero-order valence-corrected chi connectivity index (χ0v) is 14.5. The molecule has 0 saturated carbocycles. The van der Waals surface area contributed by atoms with Crippen molar-refractivity contribution in [3.63, 3.8) is 0 Å². The SMILES string of the molecule is COC(c1ccc(Cl)cc1)c1cc(C(C)(C)C)c(O)c(N)c1O. The summed E-state index contributed by atoms with van der Waals surface area (Å²) in [6.07, 6.45) is -0.517. The first-order chi connectivity index (χ1) is 10.7. The molecule has 1 unspecified atom stereocenters. The fraction of sp³-hybridized carbons (Fsp3) is 0.333. The molecule has 0 spiro atoms. The third kappa shape index (κ3) is 3.38. The lowest BCUT2D eigenvalue weighted by atomic mass is 9.83.